The van der Waals surface area contributed by atoms with Gasteiger partial charge in [0, 0.05) is 105 Å². The quantitative estimate of drug-likeness (QED) is 0.0335. The molecular formula is C112H144Ir4N4O8-4. The summed E-state index contributed by atoms with van der Waals surface area (Å²) in [7, 11) is 0. The molecule has 4 radical (unpaired) electrons. The van der Waals surface area contributed by atoms with Gasteiger partial charge < -0.3 is 60.8 Å². The summed E-state index contributed by atoms with van der Waals surface area (Å²) in [5, 5.41) is 77.8. The van der Waals surface area contributed by atoms with Crippen LogP contribution in [0.15, 0.2) is 193 Å². The molecule has 0 aliphatic rings. The molecule has 8 N–H and O–H groups in total. The second-order valence-electron chi connectivity index (χ2n) is 35.9. The zero-order chi connectivity index (χ0) is 93.2. The van der Waals surface area contributed by atoms with Crippen LogP contribution in [0.25, 0.3) is 88.1 Å². The zero-order valence-corrected chi connectivity index (χ0v) is 91.4. The Labute approximate surface area is 822 Å². The van der Waals surface area contributed by atoms with E-state index in [9.17, 15) is 0 Å². The molecule has 0 bridgehead atoms. The molecule has 0 saturated carbocycles. The smallest absolute Gasteiger partial charge is 0.0877 e. The van der Waals surface area contributed by atoms with Crippen LogP contribution in [-0.4, -0.2) is 85.2 Å². The SMILES string of the molecule is CC(O)=CC(C)O.CC(O)=CC(C)O.CC(O)=CC(C)O.CC(O)=CC(C)O.Cc1[c-]c(-c2ncc(C(C)C)c3cc(C(C)C)ccc23)cc(C)c1.Cc1[c-]c(-c2nccc3c(C(C)C)c(C(C)C)ccc23)cc(C)c1.Cc1[c-]c(-c2nccc3c(C(C)C)cc(C(C)C)cc23)cc(C)c1.Cc1[c-]c(-c2nccc3cc(C(C)C)c(C(C)C)cc23)cc(C)c1.[Ir].[Ir].[Ir].[Ir]. The van der Waals surface area contributed by atoms with Crippen molar-refractivity contribution in [1.82, 2.24) is 19.9 Å². The van der Waals surface area contributed by atoms with E-state index in [1.807, 2.05) is 18.6 Å². The molecule has 16 heteroatoms. The Balaban J connectivity index is 0.000000767. The maximum atomic E-state index is 8.49. The Morgan fingerprint density at radius 2 is 0.578 bits per heavy atom. The molecule has 12 rings (SSSR count). The van der Waals surface area contributed by atoms with E-state index in [1.165, 1.54) is 162 Å². The predicted molar refractivity (Wildman–Crippen MR) is 527 cm³/mol. The molecule has 0 aliphatic heterocycles. The van der Waals surface area contributed by atoms with E-state index in [4.69, 9.17) is 60.8 Å². The second kappa shape index (κ2) is 56.0. The Morgan fingerprint density at radius 1 is 0.266 bits per heavy atom. The second-order valence-corrected chi connectivity index (χ2v) is 35.9. The van der Waals surface area contributed by atoms with Crippen LogP contribution < -0.4 is 0 Å². The van der Waals surface area contributed by atoms with Gasteiger partial charge in [-0.2, -0.15) is 0 Å². The number of hydrogen-bond acceptors (Lipinski definition) is 12. The first-order valence-corrected chi connectivity index (χ1v) is 43.9. The van der Waals surface area contributed by atoms with Crippen LogP contribution in [0.4, 0.5) is 0 Å². The third-order valence-electron chi connectivity index (χ3n) is 20.4. The number of benzene rings is 8. The van der Waals surface area contributed by atoms with E-state index < -0.39 is 24.4 Å². The van der Waals surface area contributed by atoms with Crippen LogP contribution >= 0.6 is 0 Å². The Hall–Kier alpha value is -8.00. The van der Waals surface area contributed by atoms with Crippen molar-refractivity contribution in [1.29, 1.82) is 0 Å². The number of aryl methyl sites for hydroxylation is 8. The fourth-order valence-corrected chi connectivity index (χ4v) is 15.3. The molecule has 0 aliphatic carbocycles. The number of allylic oxidation sites excluding steroid dienone is 4. The van der Waals surface area contributed by atoms with Crippen LogP contribution in [0, 0.1) is 79.7 Å². The third kappa shape index (κ3) is 37.0. The van der Waals surface area contributed by atoms with E-state index in [2.05, 4.69) is 318 Å². The number of nitrogens with zero attached hydrogens (tertiary/aromatic N) is 4. The van der Waals surface area contributed by atoms with Crippen LogP contribution in [-0.2, 0) is 80.4 Å². The predicted octanol–water partition coefficient (Wildman–Crippen LogP) is 29.6. The fraction of sp³-hybridized carbons (Fsp3) is 0.393. The summed E-state index contributed by atoms with van der Waals surface area (Å²) in [6, 6.07) is 58.5. The van der Waals surface area contributed by atoms with Gasteiger partial charge in [0.05, 0.1) is 47.5 Å². The number of rotatable bonds is 16. The van der Waals surface area contributed by atoms with Gasteiger partial charge in [-0.3, -0.25) is 0 Å². The number of fused-ring (bicyclic) bond motifs is 4. The number of aliphatic hydroxyl groups is 8. The largest absolute Gasteiger partial charge is 0.513 e. The standard InChI is InChI=1S/4C23H26N.4C5H10O2.4Ir/c1-14(2)18-12-21(15(3)4)20-7-8-24-23(22(20)13-18)19-10-16(5)9-17(6)11-19;1-14(2)20-12-18-7-8-24-23(22(18)13-21(20)15(3)4)19-10-16(5)9-17(6)11-19;1-14(2)18-7-8-20-21(12-18)22(15(3)4)13-24-23(20)19-10-16(5)9-17(6)11-19;1-14(2)19-7-8-21-20(22(19)15(3)4)9-10-24-23(21)18-12-16(5)11-17(6)13-18;4*1-4(6)3-5(2)7;;;;/h3*7-10,12-15H,1-6H3;7-12,14-15H,1-6H3;4*3-4,6-7H,1-2H3;;;;/q4*-1;;;;;;;;. The van der Waals surface area contributed by atoms with Crippen LogP contribution in [0.2, 0.25) is 0 Å². The molecule has 12 aromatic rings. The van der Waals surface area contributed by atoms with Crippen LogP contribution in [0.5, 0.6) is 0 Å². The van der Waals surface area contributed by atoms with Gasteiger partial charge in [-0.1, -0.05) is 221 Å². The Bertz CT molecular complexity index is 5310. The van der Waals surface area contributed by atoms with Gasteiger partial charge in [0.2, 0.25) is 0 Å². The molecule has 0 fully saturated rings. The Kier molecular flexibility index (Phi) is 51.6. The molecule has 12 nitrogen and oxygen atoms in total. The molecule has 4 heterocycles. The maximum absolute atomic E-state index is 8.49. The molecule has 0 saturated heterocycles. The van der Waals surface area contributed by atoms with Gasteiger partial charge in [0.25, 0.3) is 0 Å². The van der Waals surface area contributed by atoms with Crippen LogP contribution in [0.3, 0.4) is 0 Å². The average Bonchev–Trinajstić information content (AvgIpc) is 0.771. The number of pyridine rings is 4. The van der Waals surface area contributed by atoms with Crippen molar-refractivity contribution in [2.24, 2.45) is 0 Å². The van der Waals surface area contributed by atoms with E-state index in [-0.39, 0.29) is 103 Å². The summed E-state index contributed by atoms with van der Waals surface area (Å²) in [6.45, 7) is 65.5. The van der Waals surface area contributed by atoms with Gasteiger partial charge in [-0.15, -0.1) is 140 Å². The first kappa shape index (κ1) is 118. The molecule has 700 valence electrons. The average molecular weight is 2440 g/mol. The topological polar surface area (TPSA) is 213 Å². The summed E-state index contributed by atoms with van der Waals surface area (Å²) in [5.74, 6) is 4.67. The molecule has 0 spiro atoms. The van der Waals surface area contributed by atoms with E-state index >= 15 is 0 Å². The molecular weight excluding hydrogens is 2300 g/mol. The first-order chi connectivity index (χ1) is 58.0. The minimum atomic E-state index is -0.537. The summed E-state index contributed by atoms with van der Waals surface area (Å²) in [4.78, 5) is 19.0. The van der Waals surface area contributed by atoms with Crippen molar-refractivity contribution in [3.05, 3.63) is 307 Å². The summed E-state index contributed by atoms with van der Waals surface area (Å²) < 4.78 is 0. The molecule has 4 atom stereocenters. The number of aliphatic hydroxyl groups excluding tert-OH is 8. The molecule has 8 aromatic carbocycles. The third-order valence-corrected chi connectivity index (χ3v) is 20.4. The maximum Gasteiger partial charge on any atom is 0.0877 e. The van der Waals surface area contributed by atoms with E-state index in [1.54, 1.807) is 27.7 Å². The van der Waals surface area contributed by atoms with Crippen molar-refractivity contribution in [2.75, 3.05) is 0 Å². The van der Waals surface area contributed by atoms with Crippen molar-refractivity contribution >= 4 is 43.1 Å². The molecule has 4 aromatic heterocycles. The van der Waals surface area contributed by atoms with Crippen molar-refractivity contribution in [3.8, 4) is 45.0 Å². The molecule has 128 heavy (non-hydrogen) atoms. The monoisotopic (exact) mass is 2440 g/mol. The van der Waals surface area contributed by atoms with E-state index in [0.29, 0.717) is 47.3 Å². The van der Waals surface area contributed by atoms with Crippen molar-refractivity contribution in [3.63, 3.8) is 0 Å². The fourth-order valence-electron chi connectivity index (χ4n) is 15.3. The zero-order valence-electron chi connectivity index (χ0n) is 81.8. The molecule has 0 amide bonds. The normalized spacial score (nSPS) is 12.4. The van der Waals surface area contributed by atoms with Gasteiger partial charge in [0.1, 0.15) is 0 Å². The van der Waals surface area contributed by atoms with Crippen molar-refractivity contribution in [2.45, 2.75) is 293 Å². The minimum absolute atomic E-state index is 0. The van der Waals surface area contributed by atoms with Gasteiger partial charge >= 0.3 is 0 Å². The van der Waals surface area contributed by atoms with Gasteiger partial charge in [-0.05, 0) is 256 Å². The van der Waals surface area contributed by atoms with Gasteiger partial charge in [-0.25, -0.2) is 0 Å². The summed E-state index contributed by atoms with van der Waals surface area (Å²) in [6.07, 6.45) is 11.1. The Morgan fingerprint density at radius 3 is 0.906 bits per heavy atom. The van der Waals surface area contributed by atoms with Gasteiger partial charge in [0.15, 0.2) is 0 Å². The van der Waals surface area contributed by atoms with Crippen LogP contribution in [0.1, 0.15) is 303 Å². The number of aromatic nitrogens is 4. The first-order valence-electron chi connectivity index (χ1n) is 43.9. The molecule has 4 unspecified atom stereocenters. The van der Waals surface area contributed by atoms with E-state index in [0.717, 1.165) is 67.3 Å². The van der Waals surface area contributed by atoms with Crippen molar-refractivity contribution < 1.29 is 121 Å². The minimum Gasteiger partial charge on any atom is -0.513 e. The summed E-state index contributed by atoms with van der Waals surface area (Å²) in [5.41, 5.74) is 29.4. The summed E-state index contributed by atoms with van der Waals surface area (Å²) >= 11 is 0. The number of hydrogen-bond donors (Lipinski definition) is 8.